The molecule has 0 aliphatic carbocycles. The maximum atomic E-state index is 10.8. The van der Waals surface area contributed by atoms with Crippen LogP contribution in [0.1, 0.15) is 10.4 Å². The molecular weight excluding hydrogens is 196 g/mol. The van der Waals surface area contributed by atoms with Crippen molar-refractivity contribution in [2.24, 2.45) is 0 Å². The number of rotatable bonds is 3. The Kier molecular flexibility index (Phi) is 3.84. The van der Waals surface area contributed by atoms with E-state index in [2.05, 4.69) is 5.92 Å². The predicted molar refractivity (Wildman–Crippen MR) is 57.2 cm³/mol. The van der Waals surface area contributed by atoms with Crippen molar-refractivity contribution < 1.29 is 9.90 Å². The molecule has 0 aliphatic rings. The summed E-state index contributed by atoms with van der Waals surface area (Å²) >= 11 is 1.30. The molecule has 0 saturated heterocycles. The molecule has 0 spiro atoms. The smallest absolute Gasteiger partial charge is 0.336 e. The number of aromatic carboxylic acids is 1. The van der Waals surface area contributed by atoms with E-state index in [9.17, 15) is 4.79 Å². The summed E-state index contributed by atoms with van der Waals surface area (Å²) in [6.07, 6.45) is 6.56. The molecule has 2 nitrogen and oxygen atoms in total. The van der Waals surface area contributed by atoms with Crippen molar-refractivity contribution in [1.82, 2.24) is 0 Å². The SMILES string of the molecule is C#C/C=C/Sc1ccccc1C(=O)O. The van der Waals surface area contributed by atoms with Crippen molar-refractivity contribution in [3.63, 3.8) is 0 Å². The summed E-state index contributed by atoms with van der Waals surface area (Å²) in [6, 6.07) is 6.79. The summed E-state index contributed by atoms with van der Waals surface area (Å²) < 4.78 is 0. The Morgan fingerprint density at radius 1 is 1.50 bits per heavy atom. The fourth-order valence-corrected chi connectivity index (χ4v) is 1.63. The standard InChI is InChI=1S/C11H8O2S/c1-2-3-8-14-10-7-5-4-6-9(10)11(12)13/h1,3-8H,(H,12,13)/b8-3+. The van der Waals surface area contributed by atoms with Gasteiger partial charge < -0.3 is 5.11 Å². The van der Waals surface area contributed by atoms with Gasteiger partial charge in [0, 0.05) is 4.90 Å². The maximum Gasteiger partial charge on any atom is 0.336 e. The number of allylic oxidation sites excluding steroid dienone is 1. The Morgan fingerprint density at radius 2 is 2.21 bits per heavy atom. The number of benzene rings is 1. The van der Waals surface area contributed by atoms with Crippen molar-refractivity contribution in [3.8, 4) is 12.3 Å². The van der Waals surface area contributed by atoms with Crippen LogP contribution in [0.2, 0.25) is 0 Å². The largest absolute Gasteiger partial charge is 0.478 e. The molecular formula is C11H8O2S. The van der Waals surface area contributed by atoms with Gasteiger partial charge in [0.1, 0.15) is 0 Å². The van der Waals surface area contributed by atoms with Crippen LogP contribution in [0.3, 0.4) is 0 Å². The van der Waals surface area contributed by atoms with E-state index in [0.29, 0.717) is 10.5 Å². The molecule has 14 heavy (non-hydrogen) atoms. The van der Waals surface area contributed by atoms with Gasteiger partial charge in [0.05, 0.1) is 5.56 Å². The third-order valence-electron chi connectivity index (χ3n) is 1.48. The summed E-state index contributed by atoms with van der Waals surface area (Å²) in [6.45, 7) is 0. The molecule has 0 atom stereocenters. The van der Waals surface area contributed by atoms with Crippen molar-refractivity contribution in [1.29, 1.82) is 0 Å². The summed E-state index contributed by atoms with van der Waals surface area (Å²) in [5, 5.41) is 10.5. The van der Waals surface area contributed by atoms with E-state index in [-0.39, 0.29) is 0 Å². The van der Waals surface area contributed by atoms with Crippen LogP contribution in [-0.2, 0) is 0 Å². The molecule has 0 aromatic heterocycles. The summed E-state index contributed by atoms with van der Waals surface area (Å²) in [5.74, 6) is 1.41. The van der Waals surface area contributed by atoms with Crippen LogP contribution >= 0.6 is 11.8 Å². The average molecular weight is 204 g/mol. The lowest BCUT2D eigenvalue weighted by Crippen LogP contribution is -1.97. The Bertz CT molecular complexity index is 402. The number of carbonyl (C=O) groups is 1. The highest BCUT2D eigenvalue weighted by Gasteiger charge is 2.07. The third kappa shape index (κ3) is 2.68. The topological polar surface area (TPSA) is 37.3 Å². The first-order valence-electron chi connectivity index (χ1n) is 3.86. The van der Waals surface area contributed by atoms with Gasteiger partial charge in [-0.05, 0) is 23.6 Å². The molecule has 1 rings (SSSR count). The zero-order chi connectivity index (χ0) is 10.4. The molecule has 0 aliphatic heterocycles. The van der Waals surface area contributed by atoms with Gasteiger partial charge in [-0.1, -0.05) is 29.8 Å². The molecule has 1 N–H and O–H groups in total. The summed E-state index contributed by atoms with van der Waals surface area (Å²) in [4.78, 5) is 11.5. The Balaban J connectivity index is 2.91. The fourth-order valence-electron chi connectivity index (χ4n) is 0.893. The van der Waals surface area contributed by atoms with Gasteiger partial charge in [-0.3, -0.25) is 0 Å². The number of thioether (sulfide) groups is 1. The molecule has 0 saturated carbocycles. The van der Waals surface area contributed by atoms with Crippen LogP contribution in [0.15, 0.2) is 40.6 Å². The Hall–Kier alpha value is -1.66. The predicted octanol–water partition coefficient (Wildman–Crippen LogP) is 2.62. The quantitative estimate of drug-likeness (QED) is 0.607. The highest BCUT2D eigenvalue weighted by Crippen LogP contribution is 2.23. The van der Waals surface area contributed by atoms with E-state index < -0.39 is 5.97 Å². The lowest BCUT2D eigenvalue weighted by Gasteiger charge is -2.00. The van der Waals surface area contributed by atoms with Gasteiger partial charge in [-0.15, -0.1) is 6.42 Å². The first-order chi connectivity index (χ1) is 6.75. The van der Waals surface area contributed by atoms with Crippen LogP contribution in [0.25, 0.3) is 0 Å². The minimum atomic E-state index is -0.929. The lowest BCUT2D eigenvalue weighted by atomic mass is 10.2. The van der Waals surface area contributed by atoms with Crippen LogP contribution in [0.4, 0.5) is 0 Å². The molecule has 3 heteroatoms. The molecule has 0 unspecified atom stereocenters. The zero-order valence-corrected chi connectivity index (χ0v) is 8.12. The molecule has 70 valence electrons. The van der Waals surface area contributed by atoms with Crippen molar-refractivity contribution >= 4 is 17.7 Å². The summed E-state index contributed by atoms with van der Waals surface area (Å²) in [5.41, 5.74) is 0.291. The lowest BCUT2D eigenvalue weighted by molar-refractivity contribution is 0.0693. The minimum Gasteiger partial charge on any atom is -0.478 e. The van der Waals surface area contributed by atoms with Gasteiger partial charge >= 0.3 is 5.97 Å². The first kappa shape index (κ1) is 10.4. The number of hydrogen-bond donors (Lipinski definition) is 1. The van der Waals surface area contributed by atoms with Crippen LogP contribution in [-0.4, -0.2) is 11.1 Å². The molecule has 1 aromatic carbocycles. The average Bonchev–Trinajstić information content (AvgIpc) is 2.19. The zero-order valence-electron chi connectivity index (χ0n) is 7.31. The van der Waals surface area contributed by atoms with Gasteiger partial charge in [-0.25, -0.2) is 4.79 Å². The van der Waals surface area contributed by atoms with E-state index in [1.54, 1.807) is 29.7 Å². The van der Waals surface area contributed by atoms with Crippen molar-refractivity contribution in [2.45, 2.75) is 4.90 Å². The molecule has 0 heterocycles. The molecule has 0 bridgehead atoms. The minimum absolute atomic E-state index is 0.291. The third-order valence-corrected chi connectivity index (χ3v) is 2.36. The van der Waals surface area contributed by atoms with Crippen molar-refractivity contribution in [3.05, 3.63) is 41.3 Å². The van der Waals surface area contributed by atoms with Crippen LogP contribution in [0.5, 0.6) is 0 Å². The van der Waals surface area contributed by atoms with Gasteiger partial charge in [0.25, 0.3) is 0 Å². The first-order valence-corrected chi connectivity index (χ1v) is 4.74. The van der Waals surface area contributed by atoms with E-state index in [0.717, 1.165) is 0 Å². The normalized spacial score (nSPS) is 9.93. The van der Waals surface area contributed by atoms with E-state index in [1.165, 1.54) is 17.8 Å². The fraction of sp³-hybridized carbons (Fsp3) is 0. The highest BCUT2D eigenvalue weighted by molar-refractivity contribution is 8.02. The second-order valence-corrected chi connectivity index (χ2v) is 3.34. The molecule has 0 radical (unpaired) electrons. The Labute approximate surface area is 86.6 Å². The molecule has 1 aromatic rings. The molecule has 0 amide bonds. The number of carboxylic acid groups (broad SMARTS) is 1. The van der Waals surface area contributed by atoms with Gasteiger partial charge in [0.2, 0.25) is 0 Å². The Morgan fingerprint density at radius 3 is 2.86 bits per heavy atom. The highest BCUT2D eigenvalue weighted by atomic mass is 32.2. The van der Waals surface area contributed by atoms with E-state index in [1.807, 2.05) is 0 Å². The van der Waals surface area contributed by atoms with Crippen LogP contribution in [0, 0.1) is 12.3 Å². The van der Waals surface area contributed by atoms with Crippen LogP contribution < -0.4 is 0 Å². The number of carboxylic acids is 1. The van der Waals surface area contributed by atoms with Gasteiger partial charge in [-0.2, -0.15) is 0 Å². The second-order valence-electron chi connectivity index (χ2n) is 2.39. The van der Waals surface area contributed by atoms with E-state index in [4.69, 9.17) is 11.5 Å². The van der Waals surface area contributed by atoms with Crippen molar-refractivity contribution in [2.75, 3.05) is 0 Å². The monoisotopic (exact) mass is 204 g/mol. The second kappa shape index (κ2) is 5.15. The summed E-state index contributed by atoms with van der Waals surface area (Å²) in [7, 11) is 0. The molecule has 0 fully saturated rings. The maximum absolute atomic E-state index is 10.8. The van der Waals surface area contributed by atoms with Gasteiger partial charge in [0.15, 0.2) is 0 Å². The van der Waals surface area contributed by atoms with E-state index >= 15 is 0 Å². The number of terminal acetylenes is 1. The number of hydrogen-bond acceptors (Lipinski definition) is 2.